The van der Waals surface area contributed by atoms with E-state index in [2.05, 4.69) is 42.8 Å². The van der Waals surface area contributed by atoms with E-state index >= 15 is 0 Å². The monoisotopic (exact) mass is 354 g/mol. The number of anilines is 2. The van der Waals surface area contributed by atoms with Crippen LogP contribution in [0, 0.1) is 27.7 Å². The first-order chi connectivity index (χ1) is 12.3. The molecular formula is C21H26N2O3. The maximum absolute atomic E-state index is 12.5. The van der Waals surface area contributed by atoms with Gasteiger partial charge in [0, 0.05) is 17.0 Å². The van der Waals surface area contributed by atoms with Gasteiger partial charge in [-0.2, -0.15) is 0 Å². The van der Waals surface area contributed by atoms with E-state index in [9.17, 15) is 9.90 Å². The predicted octanol–water partition coefficient (Wildman–Crippen LogP) is 4.51. The van der Waals surface area contributed by atoms with E-state index in [0.717, 1.165) is 28.3 Å². The Labute approximate surface area is 154 Å². The van der Waals surface area contributed by atoms with Crippen molar-refractivity contribution < 1.29 is 14.6 Å². The van der Waals surface area contributed by atoms with E-state index in [1.54, 1.807) is 13.0 Å². The number of esters is 1. The summed E-state index contributed by atoms with van der Waals surface area (Å²) >= 11 is 0. The van der Waals surface area contributed by atoms with Gasteiger partial charge in [0.05, 0.1) is 17.9 Å². The number of nitrogens with zero attached hydrogens (tertiary/aromatic N) is 1. The van der Waals surface area contributed by atoms with Crippen LogP contribution >= 0.6 is 0 Å². The van der Waals surface area contributed by atoms with Gasteiger partial charge >= 0.3 is 5.97 Å². The number of hydrogen-bond donors (Lipinski definition) is 2. The summed E-state index contributed by atoms with van der Waals surface area (Å²) in [6, 6.07) is 4.28. The first-order valence-corrected chi connectivity index (χ1v) is 8.90. The van der Waals surface area contributed by atoms with Gasteiger partial charge in [-0.25, -0.2) is 4.79 Å². The minimum absolute atomic E-state index is 0.295. The zero-order valence-corrected chi connectivity index (χ0v) is 16.2. The zero-order valence-electron chi connectivity index (χ0n) is 16.2. The summed E-state index contributed by atoms with van der Waals surface area (Å²) in [6.45, 7) is 12.1. The molecule has 26 heavy (non-hydrogen) atoms. The molecule has 3 rings (SSSR count). The van der Waals surface area contributed by atoms with Crippen molar-refractivity contribution in [3.8, 4) is 0 Å². The number of hydrogen-bond acceptors (Lipinski definition) is 4. The largest absolute Gasteiger partial charge is 0.462 e. The van der Waals surface area contributed by atoms with E-state index in [0.29, 0.717) is 23.4 Å². The van der Waals surface area contributed by atoms with E-state index < -0.39 is 12.1 Å². The molecule has 1 aromatic carbocycles. The van der Waals surface area contributed by atoms with Crippen LogP contribution in [0.5, 0.6) is 0 Å². The Morgan fingerprint density at radius 3 is 2.38 bits per heavy atom. The summed E-state index contributed by atoms with van der Waals surface area (Å²) in [5.41, 5.74) is 7.16. The number of rotatable bonds is 3. The molecule has 5 heteroatoms. The number of aryl methyl sites for hydroxylation is 4. The lowest BCUT2D eigenvalue weighted by atomic mass is 9.97. The van der Waals surface area contributed by atoms with Crippen LogP contribution in [-0.4, -0.2) is 22.7 Å². The molecule has 0 spiro atoms. The number of ether oxygens (including phenoxy) is 1. The third kappa shape index (κ3) is 2.82. The number of aromatic amines is 1. The van der Waals surface area contributed by atoms with E-state index in [1.165, 1.54) is 5.56 Å². The topological polar surface area (TPSA) is 65.6 Å². The second-order valence-electron chi connectivity index (χ2n) is 6.94. The van der Waals surface area contributed by atoms with Crippen molar-refractivity contribution >= 4 is 17.5 Å². The number of aromatic nitrogens is 1. The van der Waals surface area contributed by atoms with E-state index in [-0.39, 0.29) is 0 Å². The van der Waals surface area contributed by atoms with Crippen molar-refractivity contribution in [2.45, 2.75) is 47.6 Å². The average Bonchev–Trinajstić information content (AvgIpc) is 2.87. The molecule has 5 nitrogen and oxygen atoms in total. The molecule has 138 valence electrons. The Kier molecular flexibility index (Phi) is 4.67. The maximum atomic E-state index is 12.5. The molecule has 1 aromatic heterocycles. The molecular weight excluding hydrogens is 328 g/mol. The van der Waals surface area contributed by atoms with Gasteiger partial charge in [0.25, 0.3) is 0 Å². The Morgan fingerprint density at radius 1 is 1.19 bits per heavy atom. The summed E-state index contributed by atoms with van der Waals surface area (Å²) in [5.74, 6) is 0.319. The summed E-state index contributed by atoms with van der Waals surface area (Å²) in [4.78, 5) is 17.8. The number of nitrogens with one attached hydrogen (secondary N) is 1. The minimum Gasteiger partial charge on any atom is -0.462 e. The summed E-state index contributed by atoms with van der Waals surface area (Å²) in [6.07, 6.45) is 0.925. The second-order valence-corrected chi connectivity index (χ2v) is 6.94. The van der Waals surface area contributed by atoms with Gasteiger partial charge in [0.2, 0.25) is 0 Å². The number of H-pyrrole nitrogens is 1. The van der Waals surface area contributed by atoms with Crippen molar-refractivity contribution in [3.63, 3.8) is 0 Å². The molecule has 1 aliphatic heterocycles. The fourth-order valence-corrected chi connectivity index (χ4v) is 3.93. The fourth-order valence-electron chi connectivity index (χ4n) is 3.93. The zero-order chi connectivity index (χ0) is 19.2. The molecule has 0 aliphatic carbocycles. The highest BCUT2D eigenvalue weighted by molar-refractivity contribution is 5.96. The highest BCUT2D eigenvalue weighted by Crippen LogP contribution is 2.44. The van der Waals surface area contributed by atoms with Crippen molar-refractivity contribution in [3.05, 3.63) is 57.4 Å². The highest BCUT2D eigenvalue weighted by atomic mass is 16.5. The average molecular weight is 354 g/mol. The molecule has 0 bridgehead atoms. The lowest BCUT2D eigenvalue weighted by molar-refractivity contribution is 0.0521. The van der Waals surface area contributed by atoms with Crippen molar-refractivity contribution in [2.75, 3.05) is 11.5 Å². The van der Waals surface area contributed by atoms with Crippen LogP contribution in [0.3, 0.4) is 0 Å². The fraction of sp³-hybridized carbons (Fsp3) is 0.381. The number of fused-ring (bicyclic) bond motifs is 1. The maximum Gasteiger partial charge on any atom is 0.340 e. The third-order valence-corrected chi connectivity index (χ3v) is 4.82. The van der Waals surface area contributed by atoms with Gasteiger partial charge in [0.1, 0.15) is 11.9 Å². The quantitative estimate of drug-likeness (QED) is 0.796. The number of aliphatic hydroxyl groups is 1. The minimum atomic E-state index is -0.850. The Balaban J connectivity index is 2.24. The first kappa shape index (κ1) is 18.3. The molecule has 1 unspecified atom stereocenters. The molecule has 0 saturated carbocycles. The first-order valence-electron chi connectivity index (χ1n) is 8.90. The van der Waals surface area contributed by atoms with E-state index in [4.69, 9.17) is 4.74 Å². The smallest absolute Gasteiger partial charge is 0.340 e. The van der Waals surface area contributed by atoms with E-state index in [1.807, 2.05) is 13.8 Å². The predicted molar refractivity (Wildman–Crippen MR) is 103 cm³/mol. The van der Waals surface area contributed by atoms with Crippen LogP contribution in [-0.2, 0) is 4.74 Å². The van der Waals surface area contributed by atoms with Crippen molar-refractivity contribution in [1.82, 2.24) is 4.98 Å². The molecule has 2 aromatic rings. The number of allylic oxidation sites excluding steroid dienone is 1. The van der Waals surface area contributed by atoms with Gasteiger partial charge in [-0.05, 0) is 58.7 Å². The molecule has 1 atom stereocenters. The normalized spacial score (nSPS) is 16.3. The molecule has 0 saturated heterocycles. The van der Waals surface area contributed by atoms with Gasteiger partial charge < -0.3 is 19.7 Å². The van der Waals surface area contributed by atoms with Gasteiger partial charge in [-0.15, -0.1) is 0 Å². The second kappa shape index (κ2) is 6.65. The molecule has 0 fully saturated rings. The van der Waals surface area contributed by atoms with Crippen LogP contribution in [0.2, 0.25) is 0 Å². The van der Waals surface area contributed by atoms with Crippen LogP contribution in [0.4, 0.5) is 11.5 Å². The molecule has 2 N–H and O–H groups in total. The molecule has 2 heterocycles. The summed E-state index contributed by atoms with van der Waals surface area (Å²) in [5, 5.41) is 10.7. The van der Waals surface area contributed by atoms with Crippen molar-refractivity contribution in [1.29, 1.82) is 0 Å². The standard InChI is InChI=1S/C21H26N2O3/c1-7-26-21(25)17-15(6)22-20-18(17)16(24)10-14(5)23(20)19-12(3)8-11(2)9-13(19)4/h8-10,16,22,24H,7H2,1-6H3. The molecule has 0 radical (unpaired) electrons. The lowest BCUT2D eigenvalue weighted by Gasteiger charge is -2.33. The number of carbonyl (C=O) groups excluding carboxylic acids is 1. The number of aliphatic hydroxyl groups excluding tert-OH is 1. The molecule has 1 aliphatic rings. The SMILES string of the molecule is CCOC(=O)c1c(C)[nH]c2c1C(O)C=C(C)N2c1c(C)cc(C)cc1C. The van der Waals surface area contributed by atoms with Crippen LogP contribution < -0.4 is 4.90 Å². The number of carbonyl (C=O) groups is 1. The third-order valence-electron chi connectivity index (χ3n) is 4.82. The van der Waals surface area contributed by atoms with Crippen molar-refractivity contribution in [2.24, 2.45) is 0 Å². The summed E-state index contributed by atoms with van der Waals surface area (Å²) in [7, 11) is 0. The highest BCUT2D eigenvalue weighted by Gasteiger charge is 2.34. The Hall–Kier alpha value is -2.53. The van der Waals surface area contributed by atoms with Gasteiger partial charge in [0.15, 0.2) is 0 Å². The molecule has 0 amide bonds. The Morgan fingerprint density at radius 2 is 1.81 bits per heavy atom. The van der Waals surface area contributed by atoms with Gasteiger partial charge in [-0.1, -0.05) is 17.7 Å². The summed E-state index contributed by atoms with van der Waals surface area (Å²) < 4.78 is 5.20. The number of benzene rings is 1. The lowest BCUT2D eigenvalue weighted by Crippen LogP contribution is -2.24. The van der Waals surface area contributed by atoms with Crippen LogP contribution in [0.1, 0.15) is 58.3 Å². The Bertz CT molecular complexity index is 885. The van der Waals surface area contributed by atoms with Crippen LogP contribution in [0.25, 0.3) is 0 Å². The van der Waals surface area contributed by atoms with Crippen LogP contribution in [0.15, 0.2) is 23.9 Å². The van der Waals surface area contributed by atoms with Gasteiger partial charge in [-0.3, -0.25) is 0 Å².